The van der Waals surface area contributed by atoms with E-state index < -0.39 is 7.14 Å². The maximum Gasteiger partial charge on any atom is 0.0877 e. The maximum atomic E-state index is 13.2. The molecule has 2 heteroatoms. The largest absolute Gasteiger partial charge is 0.324 e. The van der Waals surface area contributed by atoms with Gasteiger partial charge < -0.3 is 4.57 Å². The van der Waals surface area contributed by atoms with Gasteiger partial charge in [-0.25, -0.2) is 0 Å². The summed E-state index contributed by atoms with van der Waals surface area (Å²) < 4.78 is 13.2. The summed E-state index contributed by atoms with van der Waals surface area (Å²) in [5, 5.41) is 0. The third-order valence-electron chi connectivity index (χ3n) is 4.51. The average molecular weight is 317 g/mol. The van der Waals surface area contributed by atoms with Crippen molar-refractivity contribution in [3.05, 3.63) is 0 Å². The van der Waals surface area contributed by atoms with Gasteiger partial charge in [0.1, 0.15) is 0 Å². The van der Waals surface area contributed by atoms with Crippen molar-refractivity contribution in [3.8, 4) is 0 Å². The zero-order valence-electron chi connectivity index (χ0n) is 15.2. The van der Waals surface area contributed by atoms with Crippen molar-refractivity contribution in [2.45, 2.75) is 104 Å². The SMILES string of the molecule is CCCCCCCP(=O)(CCCCCC)CCCCCC. The van der Waals surface area contributed by atoms with Gasteiger partial charge >= 0.3 is 0 Å². The van der Waals surface area contributed by atoms with Gasteiger partial charge in [-0.2, -0.15) is 0 Å². The van der Waals surface area contributed by atoms with E-state index in [0.29, 0.717) is 0 Å². The first-order chi connectivity index (χ1) is 10.2. The summed E-state index contributed by atoms with van der Waals surface area (Å²) in [6.07, 6.45) is 19.7. The lowest BCUT2D eigenvalue weighted by molar-refractivity contribution is 0.560. The van der Waals surface area contributed by atoms with E-state index in [0.717, 1.165) is 18.5 Å². The lowest BCUT2D eigenvalue weighted by atomic mass is 10.2. The minimum absolute atomic E-state index is 1.03. The maximum absolute atomic E-state index is 13.2. The van der Waals surface area contributed by atoms with Crippen LogP contribution in [0.3, 0.4) is 0 Å². The van der Waals surface area contributed by atoms with E-state index in [1.165, 1.54) is 83.5 Å². The van der Waals surface area contributed by atoms with E-state index >= 15 is 0 Å². The topological polar surface area (TPSA) is 17.1 Å². The summed E-state index contributed by atoms with van der Waals surface area (Å²) in [6.45, 7) is 6.75. The number of hydrogen-bond donors (Lipinski definition) is 0. The fraction of sp³-hybridized carbons (Fsp3) is 1.00. The van der Waals surface area contributed by atoms with Crippen LogP contribution in [0.4, 0.5) is 0 Å². The van der Waals surface area contributed by atoms with Gasteiger partial charge in [0.2, 0.25) is 0 Å². The molecule has 0 heterocycles. The van der Waals surface area contributed by atoms with Crippen molar-refractivity contribution in [3.63, 3.8) is 0 Å². The van der Waals surface area contributed by atoms with Crippen molar-refractivity contribution >= 4 is 7.14 Å². The fourth-order valence-corrected chi connectivity index (χ4v) is 6.06. The van der Waals surface area contributed by atoms with Gasteiger partial charge in [0.15, 0.2) is 0 Å². The molecular formula is C19H41OP. The molecule has 0 unspecified atom stereocenters. The Morgan fingerprint density at radius 2 is 0.762 bits per heavy atom. The Hall–Kier alpha value is 0.230. The van der Waals surface area contributed by atoms with Crippen molar-refractivity contribution in [2.24, 2.45) is 0 Å². The van der Waals surface area contributed by atoms with Crippen molar-refractivity contribution in [1.82, 2.24) is 0 Å². The molecule has 0 aliphatic carbocycles. The Morgan fingerprint density at radius 3 is 1.10 bits per heavy atom. The van der Waals surface area contributed by atoms with Gasteiger partial charge in [-0.3, -0.25) is 0 Å². The predicted octanol–water partition coefficient (Wildman–Crippen LogP) is 7.48. The van der Waals surface area contributed by atoms with Gasteiger partial charge in [0, 0.05) is 18.5 Å². The van der Waals surface area contributed by atoms with Gasteiger partial charge in [-0.05, 0) is 19.3 Å². The number of hydrogen-bond acceptors (Lipinski definition) is 1. The highest BCUT2D eigenvalue weighted by molar-refractivity contribution is 7.63. The number of rotatable bonds is 16. The molecule has 0 aromatic carbocycles. The van der Waals surface area contributed by atoms with Gasteiger partial charge in [0.25, 0.3) is 0 Å². The lowest BCUT2D eigenvalue weighted by Gasteiger charge is -2.18. The molecular weight excluding hydrogens is 275 g/mol. The van der Waals surface area contributed by atoms with Crippen molar-refractivity contribution < 1.29 is 4.57 Å². The highest BCUT2D eigenvalue weighted by Gasteiger charge is 2.20. The van der Waals surface area contributed by atoms with Crippen LogP contribution in [0.15, 0.2) is 0 Å². The first-order valence-corrected chi connectivity index (χ1v) is 12.0. The molecule has 0 aromatic rings. The van der Waals surface area contributed by atoms with Crippen LogP contribution >= 0.6 is 7.14 Å². The van der Waals surface area contributed by atoms with E-state index in [9.17, 15) is 4.57 Å². The minimum atomic E-state index is -1.85. The van der Waals surface area contributed by atoms with E-state index in [4.69, 9.17) is 0 Å². The average Bonchev–Trinajstić information content (AvgIpc) is 2.48. The Bertz CT molecular complexity index is 234. The normalized spacial score (nSPS) is 12.0. The third-order valence-corrected chi connectivity index (χ3v) is 7.90. The summed E-state index contributed by atoms with van der Waals surface area (Å²) in [4.78, 5) is 0. The Morgan fingerprint density at radius 1 is 0.476 bits per heavy atom. The molecule has 0 atom stereocenters. The standard InChI is InChI=1S/C19H41OP/c1-4-7-10-13-16-19-21(20,17-14-11-8-5-2)18-15-12-9-6-3/h4-19H2,1-3H3. The van der Waals surface area contributed by atoms with Gasteiger partial charge in [0.05, 0.1) is 7.14 Å². The van der Waals surface area contributed by atoms with Crippen LogP contribution in [0.5, 0.6) is 0 Å². The first kappa shape index (κ1) is 21.2. The van der Waals surface area contributed by atoms with E-state index in [1.807, 2.05) is 0 Å². The molecule has 128 valence electrons. The smallest absolute Gasteiger partial charge is 0.0877 e. The molecule has 0 rings (SSSR count). The highest BCUT2D eigenvalue weighted by atomic mass is 31.2. The van der Waals surface area contributed by atoms with Gasteiger partial charge in [-0.1, -0.05) is 85.0 Å². The summed E-state index contributed by atoms with van der Waals surface area (Å²) in [5.41, 5.74) is 0. The molecule has 1 nitrogen and oxygen atoms in total. The summed E-state index contributed by atoms with van der Waals surface area (Å²) in [6, 6.07) is 0. The molecule has 0 aliphatic heterocycles. The summed E-state index contributed by atoms with van der Waals surface area (Å²) >= 11 is 0. The van der Waals surface area contributed by atoms with Crippen LogP contribution in [0.2, 0.25) is 0 Å². The minimum Gasteiger partial charge on any atom is -0.324 e. The molecule has 0 spiro atoms. The van der Waals surface area contributed by atoms with Crippen LogP contribution < -0.4 is 0 Å². The molecule has 0 aliphatic rings. The molecule has 21 heavy (non-hydrogen) atoms. The van der Waals surface area contributed by atoms with Crippen LogP contribution in [0.25, 0.3) is 0 Å². The molecule has 0 amide bonds. The predicted molar refractivity (Wildman–Crippen MR) is 99.3 cm³/mol. The summed E-state index contributed by atoms with van der Waals surface area (Å²) in [5.74, 6) is 0. The Kier molecular flexibility index (Phi) is 15.3. The van der Waals surface area contributed by atoms with Crippen molar-refractivity contribution in [1.29, 1.82) is 0 Å². The van der Waals surface area contributed by atoms with Gasteiger partial charge in [-0.15, -0.1) is 0 Å². The van der Waals surface area contributed by atoms with E-state index in [1.54, 1.807) is 0 Å². The monoisotopic (exact) mass is 316 g/mol. The fourth-order valence-electron chi connectivity index (χ4n) is 2.99. The zero-order chi connectivity index (χ0) is 15.8. The summed E-state index contributed by atoms with van der Waals surface area (Å²) in [7, 11) is -1.85. The quantitative estimate of drug-likeness (QED) is 0.213. The number of unbranched alkanes of at least 4 members (excludes halogenated alkanes) is 10. The second kappa shape index (κ2) is 15.1. The zero-order valence-corrected chi connectivity index (χ0v) is 16.1. The highest BCUT2D eigenvalue weighted by Crippen LogP contribution is 2.48. The van der Waals surface area contributed by atoms with Crippen LogP contribution in [0.1, 0.15) is 104 Å². The molecule has 0 saturated heterocycles. The van der Waals surface area contributed by atoms with Crippen LogP contribution in [0, 0.1) is 0 Å². The lowest BCUT2D eigenvalue weighted by Crippen LogP contribution is -2.02. The molecule has 0 fully saturated rings. The Labute approximate surface area is 135 Å². The second-order valence-electron chi connectivity index (χ2n) is 6.76. The van der Waals surface area contributed by atoms with Crippen LogP contribution in [-0.4, -0.2) is 18.5 Å². The molecule has 0 bridgehead atoms. The molecule has 0 radical (unpaired) electrons. The first-order valence-electron chi connectivity index (χ1n) is 9.75. The second-order valence-corrected chi connectivity index (χ2v) is 10.2. The van der Waals surface area contributed by atoms with E-state index in [2.05, 4.69) is 20.8 Å². The van der Waals surface area contributed by atoms with Crippen molar-refractivity contribution in [2.75, 3.05) is 18.5 Å². The molecule has 0 N–H and O–H groups in total. The van der Waals surface area contributed by atoms with Crippen LogP contribution in [-0.2, 0) is 4.57 Å². The molecule has 0 saturated carbocycles. The Balaban J connectivity index is 4.02. The third kappa shape index (κ3) is 13.6. The van der Waals surface area contributed by atoms with E-state index in [-0.39, 0.29) is 0 Å². The molecule has 0 aromatic heterocycles.